The molecule has 2 atom stereocenters. The minimum Gasteiger partial charge on any atom is -0.365 e. The summed E-state index contributed by atoms with van der Waals surface area (Å²) in [6.45, 7) is 34.7. The van der Waals surface area contributed by atoms with Crippen molar-refractivity contribution in [3.8, 4) is 12.8 Å². The smallest absolute Gasteiger partial charge is 0.242 e. The predicted octanol–water partition coefficient (Wildman–Crippen LogP) is 10.6. The molecule has 49 heavy (non-hydrogen) atoms. The van der Waals surface area contributed by atoms with E-state index in [4.69, 9.17) is 11.6 Å². The highest BCUT2D eigenvalue weighted by Gasteiger charge is 2.31. The van der Waals surface area contributed by atoms with E-state index in [9.17, 15) is 4.79 Å². The zero-order valence-corrected chi connectivity index (χ0v) is 33.6. The van der Waals surface area contributed by atoms with Crippen LogP contribution < -0.4 is 5.32 Å². The van der Waals surface area contributed by atoms with Gasteiger partial charge in [0.05, 0.1) is 6.54 Å². The van der Waals surface area contributed by atoms with Crippen LogP contribution in [-0.4, -0.2) is 79.0 Å². The molecule has 0 spiro atoms. The van der Waals surface area contributed by atoms with Gasteiger partial charge in [-0.2, -0.15) is 0 Å². The normalized spacial score (nSPS) is 16.7. The van der Waals surface area contributed by atoms with Crippen LogP contribution in [-0.2, 0) is 4.79 Å². The largest absolute Gasteiger partial charge is 0.365 e. The number of benzene rings is 1. The number of unbranched alkanes of at least 4 members (excludes halogenated alkanes) is 2. The number of hydrogen-bond donors (Lipinski definition) is 1. The zero-order chi connectivity index (χ0) is 37.8. The molecule has 0 aliphatic carbocycles. The number of rotatable bonds is 13. The molecule has 1 aromatic carbocycles. The number of nitrogens with one attached hydrogen (secondary N) is 1. The number of aryl methyl sites for hydroxylation is 1. The zero-order valence-electron chi connectivity index (χ0n) is 32.9. The minimum atomic E-state index is 0.291. The van der Waals surface area contributed by atoms with E-state index in [0.29, 0.717) is 24.5 Å². The summed E-state index contributed by atoms with van der Waals surface area (Å²) in [6, 6.07) is 6.64. The Hall–Kier alpha value is -2.78. The number of hydrogen-bond acceptors (Lipinski definition) is 4. The Kier molecular flexibility index (Phi) is 29.7. The first-order chi connectivity index (χ1) is 23.5. The number of nitrogens with zero attached hydrogens (tertiary/aromatic N) is 3. The van der Waals surface area contributed by atoms with Crippen LogP contribution in [0.5, 0.6) is 0 Å². The summed E-state index contributed by atoms with van der Waals surface area (Å²) in [6.07, 6.45) is 22.2. The second-order valence-electron chi connectivity index (χ2n) is 13.2. The maximum absolute atomic E-state index is 13.1. The van der Waals surface area contributed by atoms with Gasteiger partial charge in [-0.25, -0.2) is 0 Å². The Labute approximate surface area is 308 Å². The van der Waals surface area contributed by atoms with Crippen molar-refractivity contribution in [1.82, 2.24) is 20.0 Å². The molecular weight excluding hydrogens is 624 g/mol. The number of carbonyl (C=O) groups is 1. The molecule has 2 aliphatic rings. The molecule has 0 radical (unpaired) electrons. The third kappa shape index (κ3) is 21.1. The van der Waals surface area contributed by atoms with E-state index in [2.05, 4.69) is 114 Å². The second kappa shape index (κ2) is 30.1. The lowest BCUT2D eigenvalue weighted by Gasteiger charge is -2.41. The molecule has 1 amide bonds. The van der Waals surface area contributed by atoms with Gasteiger partial charge in [0.15, 0.2) is 0 Å². The van der Waals surface area contributed by atoms with Crippen molar-refractivity contribution in [2.45, 2.75) is 125 Å². The van der Waals surface area contributed by atoms with Crippen LogP contribution in [0.4, 0.5) is 0 Å². The SMILES string of the molecule is C#C.C=C.C=C(C)CCCC.C=C1[C@@H](NC)CCCN1CC(=O)N1CCCCC1CN(CC)CCCC.CC(C)=Cc1cc(Cl)ccc1C. The van der Waals surface area contributed by atoms with Crippen molar-refractivity contribution in [2.75, 3.05) is 46.3 Å². The number of terminal acetylenes is 1. The molecule has 2 aliphatic heterocycles. The molecule has 1 N–H and O–H groups in total. The minimum absolute atomic E-state index is 0.291. The van der Waals surface area contributed by atoms with E-state index in [1.54, 1.807) is 0 Å². The molecular formula is C43H73ClN4O. The fourth-order valence-corrected chi connectivity index (χ4v) is 6.08. The average Bonchev–Trinajstić information content (AvgIpc) is 3.10. The van der Waals surface area contributed by atoms with E-state index >= 15 is 0 Å². The number of piperidine rings is 2. The summed E-state index contributed by atoms with van der Waals surface area (Å²) in [4.78, 5) is 20.0. The van der Waals surface area contributed by atoms with Gasteiger partial charge in [0.2, 0.25) is 5.91 Å². The molecule has 0 aromatic heterocycles. The van der Waals surface area contributed by atoms with Gasteiger partial charge in [-0.05, 0) is 122 Å². The summed E-state index contributed by atoms with van der Waals surface area (Å²) < 4.78 is 0. The fraction of sp³-hybridized carbons (Fsp3) is 0.605. The highest BCUT2D eigenvalue weighted by Crippen LogP contribution is 2.23. The summed E-state index contributed by atoms with van der Waals surface area (Å²) in [5, 5.41) is 4.12. The molecule has 2 fully saturated rings. The summed E-state index contributed by atoms with van der Waals surface area (Å²) in [7, 11) is 1.98. The van der Waals surface area contributed by atoms with E-state index < -0.39 is 0 Å². The maximum Gasteiger partial charge on any atom is 0.242 e. The lowest BCUT2D eigenvalue weighted by molar-refractivity contribution is -0.136. The van der Waals surface area contributed by atoms with Gasteiger partial charge in [-0.15, -0.1) is 32.6 Å². The van der Waals surface area contributed by atoms with Gasteiger partial charge in [0.1, 0.15) is 0 Å². The molecule has 2 saturated heterocycles. The highest BCUT2D eigenvalue weighted by atomic mass is 35.5. The number of amides is 1. The Morgan fingerprint density at radius 3 is 2.22 bits per heavy atom. The number of likely N-dealkylation sites (N-methyl/N-ethyl adjacent to an activating group) is 2. The highest BCUT2D eigenvalue weighted by molar-refractivity contribution is 6.30. The fourth-order valence-electron chi connectivity index (χ4n) is 5.90. The van der Waals surface area contributed by atoms with Crippen molar-refractivity contribution < 1.29 is 4.79 Å². The van der Waals surface area contributed by atoms with E-state index in [1.165, 1.54) is 60.8 Å². The summed E-state index contributed by atoms with van der Waals surface area (Å²) in [5.41, 5.74) is 6.16. The Bertz CT molecular complexity index is 1110. The van der Waals surface area contributed by atoms with Gasteiger partial charge >= 0.3 is 0 Å². The first-order valence-electron chi connectivity index (χ1n) is 18.5. The van der Waals surface area contributed by atoms with E-state index in [-0.39, 0.29) is 0 Å². The van der Waals surface area contributed by atoms with Gasteiger partial charge in [0, 0.05) is 42.4 Å². The number of likely N-dealkylation sites (tertiary alicyclic amines) is 2. The molecule has 1 unspecified atom stereocenters. The third-order valence-electron chi connectivity index (χ3n) is 8.74. The van der Waals surface area contributed by atoms with Crippen LogP contribution in [0.15, 0.2) is 61.4 Å². The Morgan fingerprint density at radius 2 is 1.69 bits per heavy atom. The van der Waals surface area contributed by atoms with Gasteiger partial charge in [-0.1, -0.05) is 75.1 Å². The Morgan fingerprint density at radius 1 is 1.04 bits per heavy atom. The maximum atomic E-state index is 13.1. The first kappa shape index (κ1) is 48.3. The van der Waals surface area contributed by atoms with E-state index in [0.717, 1.165) is 69.1 Å². The summed E-state index contributed by atoms with van der Waals surface area (Å²) in [5.74, 6) is 0.291. The predicted molar refractivity (Wildman–Crippen MR) is 220 cm³/mol. The van der Waals surface area contributed by atoms with Crippen molar-refractivity contribution in [3.63, 3.8) is 0 Å². The van der Waals surface area contributed by atoms with Crippen molar-refractivity contribution in [3.05, 3.63) is 77.5 Å². The molecule has 2 heterocycles. The van der Waals surface area contributed by atoms with Gasteiger partial charge in [-0.3, -0.25) is 4.79 Å². The van der Waals surface area contributed by atoms with Gasteiger partial charge < -0.3 is 20.0 Å². The molecule has 1 aromatic rings. The van der Waals surface area contributed by atoms with Crippen LogP contribution in [0.2, 0.25) is 5.02 Å². The monoisotopic (exact) mass is 697 g/mol. The standard InChI is InChI=1S/C21H40N4O.C11H13Cl.C7H14.C2H4.C2H2/c1-5-7-13-23(6-2)16-19-11-8-9-15-25(19)21(26)17-24-14-10-12-20(22-4)18(24)3;1-8(2)6-10-7-11(12)5-4-9(10)3;1-4-5-6-7(2)3;2*1-2/h19-20,22H,3,5-17H2,1-2,4H3;4-7H,1-3H3;2,4-6H2,1,3H3;1-2H2;1-2H/t19?,20-;;;;/m0..../s1. The van der Waals surface area contributed by atoms with E-state index in [1.807, 2.05) is 25.2 Å². The van der Waals surface area contributed by atoms with Crippen LogP contribution >= 0.6 is 11.6 Å². The average molecular weight is 698 g/mol. The van der Waals surface area contributed by atoms with Crippen molar-refractivity contribution in [2.24, 2.45) is 0 Å². The number of allylic oxidation sites excluding steroid dienone is 2. The van der Waals surface area contributed by atoms with Crippen molar-refractivity contribution in [1.29, 1.82) is 0 Å². The molecule has 5 nitrogen and oxygen atoms in total. The van der Waals surface area contributed by atoms with Crippen molar-refractivity contribution >= 4 is 23.6 Å². The molecule has 278 valence electrons. The Balaban J connectivity index is 0. The molecule has 6 heteroatoms. The number of carbonyl (C=O) groups excluding carboxylic acids is 1. The molecule has 0 saturated carbocycles. The van der Waals surface area contributed by atoms with Crippen LogP contribution in [0, 0.1) is 19.8 Å². The number of halogens is 1. The quantitative estimate of drug-likeness (QED) is 0.165. The van der Waals surface area contributed by atoms with Crippen LogP contribution in [0.3, 0.4) is 0 Å². The lowest BCUT2D eigenvalue weighted by Crippen LogP contribution is -2.53. The van der Waals surface area contributed by atoms with Gasteiger partial charge in [0.25, 0.3) is 0 Å². The second-order valence-corrected chi connectivity index (χ2v) is 13.6. The third-order valence-corrected chi connectivity index (χ3v) is 8.97. The van der Waals surface area contributed by atoms with Crippen LogP contribution in [0.25, 0.3) is 6.08 Å². The molecule has 0 bridgehead atoms. The lowest BCUT2D eigenvalue weighted by atomic mass is 10.00. The summed E-state index contributed by atoms with van der Waals surface area (Å²) >= 11 is 5.87. The molecule has 3 rings (SSSR count). The first-order valence-corrected chi connectivity index (χ1v) is 18.9. The van der Waals surface area contributed by atoms with Crippen LogP contribution in [0.1, 0.15) is 117 Å². The topological polar surface area (TPSA) is 38.8 Å².